The van der Waals surface area contributed by atoms with Crippen LogP contribution in [0.4, 0.5) is 4.79 Å². The van der Waals surface area contributed by atoms with Gasteiger partial charge in [-0.25, -0.2) is 4.79 Å². The summed E-state index contributed by atoms with van der Waals surface area (Å²) in [6, 6.07) is 1.96. The van der Waals surface area contributed by atoms with Gasteiger partial charge in [-0.3, -0.25) is 5.10 Å². The van der Waals surface area contributed by atoms with Gasteiger partial charge in [-0.2, -0.15) is 5.10 Å². The quantitative estimate of drug-likeness (QED) is 0.814. The average molecular weight is 237 g/mol. The van der Waals surface area contributed by atoms with Gasteiger partial charge < -0.3 is 9.64 Å². The summed E-state index contributed by atoms with van der Waals surface area (Å²) in [6.45, 7) is 7.10. The first-order valence-corrected chi connectivity index (χ1v) is 5.93. The number of nitrogens with zero attached hydrogens (tertiary/aromatic N) is 2. The molecule has 0 spiro atoms. The van der Waals surface area contributed by atoms with Crippen molar-refractivity contribution in [2.24, 2.45) is 0 Å². The molecule has 0 saturated carbocycles. The van der Waals surface area contributed by atoms with Crippen LogP contribution in [0.2, 0.25) is 0 Å². The zero-order valence-corrected chi connectivity index (χ0v) is 10.6. The lowest BCUT2D eigenvalue weighted by Gasteiger charge is -2.24. The van der Waals surface area contributed by atoms with Gasteiger partial charge in [0.25, 0.3) is 0 Å². The molecule has 5 nitrogen and oxygen atoms in total. The van der Waals surface area contributed by atoms with E-state index in [9.17, 15) is 4.79 Å². The molecule has 1 fully saturated rings. The smallest absolute Gasteiger partial charge is 0.410 e. The van der Waals surface area contributed by atoms with Crippen molar-refractivity contribution in [2.45, 2.75) is 38.7 Å². The van der Waals surface area contributed by atoms with Gasteiger partial charge in [0.15, 0.2) is 0 Å². The highest BCUT2D eigenvalue weighted by Gasteiger charge is 2.30. The SMILES string of the molecule is CC(C)(C)OC(=O)N1CC[C@H](c2ccn[nH]2)C1. The van der Waals surface area contributed by atoms with Gasteiger partial charge in [-0.05, 0) is 33.3 Å². The third-order valence-corrected chi connectivity index (χ3v) is 2.80. The number of hydrogen-bond acceptors (Lipinski definition) is 3. The highest BCUT2D eigenvalue weighted by molar-refractivity contribution is 5.68. The van der Waals surface area contributed by atoms with Crippen molar-refractivity contribution in [3.8, 4) is 0 Å². The largest absolute Gasteiger partial charge is 0.444 e. The Balaban J connectivity index is 1.92. The molecule has 0 bridgehead atoms. The monoisotopic (exact) mass is 237 g/mol. The molecular weight excluding hydrogens is 218 g/mol. The van der Waals surface area contributed by atoms with E-state index in [1.165, 1.54) is 0 Å². The number of carbonyl (C=O) groups is 1. The summed E-state index contributed by atoms with van der Waals surface area (Å²) in [5, 5.41) is 6.89. The number of aromatic nitrogens is 2. The Morgan fingerprint density at radius 3 is 2.94 bits per heavy atom. The Kier molecular flexibility index (Phi) is 3.09. The van der Waals surface area contributed by atoms with Crippen LogP contribution in [0.5, 0.6) is 0 Å². The molecule has 1 aliphatic rings. The molecular formula is C12H19N3O2. The molecule has 17 heavy (non-hydrogen) atoms. The fourth-order valence-electron chi connectivity index (χ4n) is 2.00. The number of hydrogen-bond donors (Lipinski definition) is 1. The summed E-state index contributed by atoms with van der Waals surface area (Å²) in [5.74, 6) is 0.352. The number of rotatable bonds is 1. The summed E-state index contributed by atoms with van der Waals surface area (Å²) in [7, 11) is 0. The van der Waals surface area contributed by atoms with Crippen LogP contribution in [-0.2, 0) is 4.74 Å². The molecule has 1 aromatic heterocycles. The maximum absolute atomic E-state index is 11.9. The maximum atomic E-state index is 11.9. The highest BCUT2D eigenvalue weighted by atomic mass is 16.6. The van der Waals surface area contributed by atoms with Crippen molar-refractivity contribution in [2.75, 3.05) is 13.1 Å². The molecule has 2 heterocycles. The number of H-pyrrole nitrogens is 1. The second-order valence-electron chi connectivity index (χ2n) is 5.42. The van der Waals surface area contributed by atoms with Gasteiger partial charge in [-0.1, -0.05) is 0 Å². The van der Waals surface area contributed by atoms with E-state index in [1.54, 1.807) is 11.1 Å². The fourth-order valence-corrected chi connectivity index (χ4v) is 2.00. The topological polar surface area (TPSA) is 58.2 Å². The zero-order chi connectivity index (χ0) is 12.5. The normalized spacial score (nSPS) is 20.6. The van der Waals surface area contributed by atoms with E-state index < -0.39 is 5.60 Å². The first-order chi connectivity index (χ1) is 7.96. The Morgan fingerprint density at radius 2 is 2.35 bits per heavy atom. The zero-order valence-electron chi connectivity index (χ0n) is 10.6. The minimum atomic E-state index is -0.427. The molecule has 1 saturated heterocycles. The van der Waals surface area contributed by atoms with Crippen molar-refractivity contribution in [3.63, 3.8) is 0 Å². The van der Waals surface area contributed by atoms with E-state index >= 15 is 0 Å². The molecule has 94 valence electrons. The van der Waals surface area contributed by atoms with E-state index in [2.05, 4.69) is 10.2 Å². The van der Waals surface area contributed by atoms with Crippen LogP contribution >= 0.6 is 0 Å². The molecule has 1 amide bonds. The lowest BCUT2D eigenvalue weighted by Crippen LogP contribution is -2.35. The van der Waals surface area contributed by atoms with Crippen LogP contribution in [-0.4, -0.2) is 39.9 Å². The molecule has 1 N–H and O–H groups in total. The average Bonchev–Trinajstić information content (AvgIpc) is 2.86. The molecule has 5 heteroatoms. The molecule has 0 aromatic carbocycles. The van der Waals surface area contributed by atoms with Gasteiger partial charge in [0.1, 0.15) is 5.60 Å². The molecule has 1 atom stereocenters. The minimum Gasteiger partial charge on any atom is -0.444 e. The van der Waals surface area contributed by atoms with E-state index in [0.717, 1.165) is 18.7 Å². The first kappa shape index (κ1) is 12.0. The Hall–Kier alpha value is -1.52. The molecule has 1 aliphatic heterocycles. The lowest BCUT2D eigenvalue weighted by molar-refractivity contribution is 0.0292. The van der Waals surface area contributed by atoms with Crippen molar-refractivity contribution < 1.29 is 9.53 Å². The van der Waals surface area contributed by atoms with Crippen molar-refractivity contribution >= 4 is 6.09 Å². The number of aromatic amines is 1. The first-order valence-electron chi connectivity index (χ1n) is 5.93. The molecule has 1 aromatic rings. The van der Waals surface area contributed by atoms with Gasteiger partial charge >= 0.3 is 6.09 Å². The van der Waals surface area contributed by atoms with Gasteiger partial charge in [0.2, 0.25) is 0 Å². The maximum Gasteiger partial charge on any atom is 0.410 e. The van der Waals surface area contributed by atoms with Crippen molar-refractivity contribution in [1.82, 2.24) is 15.1 Å². The van der Waals surface area contributed by atoms with Crippen LogP contribution < -0.4 is 0 Å². The number of amides is 1. The Labute approximate surface area is 101 Å². The molecule has 2 rings (SSSR count). The van der Waals surface area contributed by atoms with Crippen molar-refractivity contribution in [1.29, 1.82) is 0 Å². The summed E-state index contributed by atoms with van der Waals surface area (Å²) in [4.78, 5) is 13.6. The summed E-state index contributed by atoms with van der Waals surface area (Å²) in [5.41, 5.74) is 0.666. The summed E-state index contributed by atoms with van der Waals surface area (Å²) < 4.78 is 5.35. The Morgan fingerprint density at radius 1 is 1.59 bits per heavy atom. The molecule has 0 aliphatic carbocycles. The summed E-state index contributed by atoms with van der Waals surface area (Å²) >= 11 is 0. The third kappa shape index (κ3) is 2.99. The highest BCUT2D eigenvalue weighted by Crippen LogP contribution is 2.26. The van der Waals surface area contributed by atoms with Gasteiger partial charge in [0.05, 0.1) is 0 Å². The number of ether oxygens (including phenoxy) is 1. The van der Waals surface area contributed by atoms with Crippen LogP contribution in [0.1, 0.15) is 38.8 Å². The van der Waals surface area contributed by atoms with Gasteiger partial charge in [0, 0.05) is 30.9 Å². The van der Waals surface area contributed by atoms with E-state index in [1.807, 2.05) is 26.8 Å². The minimum absolute atomic E-state index is 0.223. The predicted molar refractivity (Wildman–Crippen MR) is 63.8 cm³/mol. The van der Waals surface area contributed by atoms with Gasteiger partial charge in [-0.15, -0.1) is 0 Å². The lowest BCUT2D eigenvalue weighted by atomic mass is 10.1. The van der Waals surface area contributed by atoms with E-state index in [-0.39, 0.29) is 6.09 Å². The Bertz CT molecular complexity index is 381. The molecule has 0 unspecified atom stereocenters. The predicted octanol–water partition coefficient (Wildman–Crippen LogP) is 2.13. The second kappa shape index (κ2) is 4.39. The van der Waals surface area contributed by atoms with Crippen molar-refractivity contribution in [3.05, 3.63) is 18.0 Å². The van der Waals surface area contributed by atoms with Crippen LogP contribution in [0.25, 0.3) is 0 Å². The fraction of sp³-hybridized carbons (Fsp3) is 0.667. The second-order valence-corrected chi connectivity index (χ2v) is 5.42. The van der Waals surface area contributed by atoms with Crippen LogP contribution in [0.3, 0.4) is 0 Å². The standard InChI is InChI=1S/C12H19N3O2/c1-12(2,3)17-11(16)15-7-5-9(8-15)10-4-6-13-14-10/h4,6,9H,5,7-8H2,1-3H3,(H,13,14)/t9-/m0/s1. The number of likely N-dealkylation sites (tertiary alicyclic amines) is 1. The molecule has 0 radical (unpaired) electrons. The van der Waals surface area contributed by atoms with Crippen LogP contribution in [0, 0.1) is 0 Å². The third-order valence-electron chi connectivity index (χ3n) is 2.80. The number of nitrogens with one attached hydrogen (secondary N) is 1. The van der Waals surface area contributed by atoms with E-state index in [0.29, 0.717) is 12.5 Å². The number of carbonyl (C=O) groups excluding carboxylic acids is 1. The van der Waals surface area contributed by atoms with Crippen LogP contribution in [0.15, 0.2) is 12.3 Å². The summed E-state index contributed by atoms with van der Waals surface area (Å²) in [6.07, 6.45) is 2.48. The van der Waals surface area contributed by atoms with E-state index in [4.69, 9.17) is 4.74 Å².